The molecule has 0 fully saturated rings. The van der Waals surface area contributed by atoms with Gasteiger partial charge in [-0.25, -0.2) is 9.59 Å². The van der Waals surface area contributed by atoms with Gasteiger partial charge in [-0.3, -0.25) is 0 Å². The molecule has 0 aliphatic rings. The van der Waals surface area contributed by atoms with Gasteiger partial charge in [-0.15, -0.1) is 0 Å². The highest BCUT2D eigenvalue weighted by Gasteiger charge is 1.96. The molecule has 0 amide bonds. The Kier molecular flexibility index (Phi) is 8.26. The van der Waals surface area contributed by atoms with Crippen LogP contribution < -0.4 is 0 Å². The number of rotatable bonds is 3. The number of carboxylic acids is 2. The summed E-state index contributed by atoms with van der Waals surface area (Å²) in [4.78, 5) is 19.5. The second-order valence-corrected chi connectivity index (χ2v) is 2.43. The quantitative estimate of drug-likeness (QED) is 0.531. The molecule has 0 aliphatic heterocycles. The fourth-order valence-corrected chi connectivity index (χ4v) is 0.227. The second kappa shape index (κ2) is 7.85. The van der Waals surface area contributed by atoms with Gasteiger partial charge in [0.15, 0.2) is 0 Å². The Balaban J connectivity index is 0. The maximum absolute atomic E-state index is 9.94. The molecule has 0 aromatic rings. The zero-order chi connectivity index (χ0) is 11.7. The zero-order valence-corrected chi connectivity index (χ0v) is 8.40. The molecule has 0 bridgehead atoms. The van der Waals surface area contributed by atoms with Crippen LogP contribution in [0.15, 0.2) is 24.0 Å². The maximum atomic E-state index is 9.94. The molecule has 2 N–H and O–H groups in total. The average Bonchev–Trinajstić information content (AvgIpc) is 2.05. The molecule has 0 unspecified atom stereocenters. The third kappa shape index (κ3) is 10.2. The van der Waals surface area contributed by atoms with E-state index in [1.54, 1.807) is 0 Å². The van der Waals surface area contributed by atoms with Crippen LogP contribution in [-0.2, 0) is 14.3 Å². The molecule has 0 heterocycles. The van der Waals surface area contributed by atoms with Gasteiger partial charge in [-0.2, -0.15) is 0 Å². The molecule has 0 rings (SSSR count). The second-order valence-electron chi connectivity index (χ2n) is 2.43. The normalized spacial score (nSPS) is 9.50. The summed E-state index contributed by atoms with van der Waals surface area (Å²) in [5.74, 6) is -1.89. The average molecular weight is 202 g/mol. The topological polar surface area (TPSA) is 83.8 Å². The van der Waals surface area contributed by atoms with E-state index in [-0.39, 0.29) is 11.1 Å². The van der Waals surface area contributed by atoms with E-state index in [2.05, 4.69) is 11.3 Å². The lowest BCUT2D eigenvalue weighted by atomic mass is 10.4. The molecule has 0 aromatic heterocycles. The van der Waals surface area contributed by atoms with Gasteiger partial charge < -0.3 is 14.9 Å². The molecule has 0 radical (unpaired) electrons. The summed E-state index contributed by atoms with van der Waals surface area (Å²) in [5.41, 5.74) is 0.377. The fraction of sp³-hybridized carbons (Fsp3) is 0.333. The lowest BCUT2D eigenvalue weighted by Gasteiger charge is -1.89. The van der Waals surface area contributed by atoms with Crippen LogP contribution in [0.25, 0.3) is 0 Å². The highest BCUT2D eigenvalue weighted by Crippen LogP contribution is 1.89. The number of methoxy groups -OCH3 is 1. The van der Waals surface area contributed by atoms with Crippen LogP contribution in [0.5, 0.6) is 0 Å². The third-order valence-electron chi connectivity index (χ3n) is 0.997. The Bertz CT molecular complexity index is 240. The van der Waals surface area contributed by atoms with Crippen molar-refractivity contribution in [3.05, 3.63) is 24.0 Å². The molecule has 0 saturated carbocycles. The van der Waals surface area contributed by atoms with Gasteiger partial charge in [0.05, 0.1) is 18.9 Å². The Morgan fingerprint density at radius 1 is 1.21 bits per heavy atom. The van der Waals surface area contributed by atoms with E-state index < -0.39 is 11.9 Å². The first-order valence-electron chi connectivity index (χ1n) is 3.64. The molecule has 0 aliphatic carbocycles. The summed E-state index contributed by atoms with van der Waals surface area (Å²) in [6.07, 6.45) is 1.18. The summed E-state index contributed by atoms with van der Waals surface area (Å²) < 4.78 is 4.42. The molecule has 0 saturated heterocycles. The SMILES string of the molecule is C=C(C)C(=O)O.COC=C(C)C(=O)O. The van der Waals surface area contributed by atoms with Crippen LogP contribution >= 0.6 is 0 Å². The van der Waals surface area contributed by atoms with E-state index in [0.29, 0.717) is 0 Å². The van der Waals surface area contributed by atoms with Gasteiger partial charge in [-0.05, 0) is 13.8 Å². The molecule has 0 atom stereocenters. The zero-order valence-electron chi connectivity index (χ0n) is 8.40. The Morgan fingerprint density at radius 3 is 1.64 bits per heavy atom. The van der Waals surface area contributed by atoms with Crippen molar-refractivity contribution in [3.8, 4) is 0 Å². The van der Waals surface area contributed by atoms with Crippen LogP contribution in [0.1, 0.15) is 13.8 Å². The van der Waals surface area contributed by atoms with Crippen molar-refractivity contribution in [1.29, 1.82) is 0 Å². The highest BCUT2D eigenvalue weighted by atomic mass is 16.5. The molecule has 5 heteroatoms. The minimum atomic E-state index is -0.952. The number of carbonyl (C=O) groups is 2. The predicted octanol–water partition coefficient (Wildman–Crippen LogP) is 1.27. The summed E-state index contributed by atoms with van der Waals surface area (Å²) in [7, 11) is 1.41. The Hall–Kier alpha value is -1.78. The Morgan fingerprint density at radius 2 is 1.57 bits per heavy atom. The fourth-order valence-electron chi connectivity index (χ4n) is 0.227. The van der Waals surface area contributed by atoms with Gasteiger partial charge in [0.2, 0.25) is 0 Å². The number of ether oxygens (including phenoxy) is 1. The van der Waals surface area contributed by atoms with Crippen LogP contribution in [0.3, 0.4) is 0 Å². The van der Waals surface area contributed by atoms with Crippen molar-refractivity contribution in [3.63, 3.8) is 0 Å². The molecule has 80 valence electrons. The van der Waals surface area contributed by atoms with E-state index in [4.69, 9.17) is 10.2 Å². The summed E-state index contributed by atoms with van der Waals surface area (Å²) in [6, 6.07) is 0. The van der Waals surface area contributed by atoms with Crippen molar-refractivity contribution in [2.75, 3.05) is 7.11 Å². The first kappa shape index (κ1) is 14.7. The monoisotopic (exact) mass is 202 g/mol. The number of hydrogen-bond acceptors (Lipinski definition) is 3. The lowest BCUT2D eigenvalue weighted by Crippen LogP contribution is -1.95. The Labute approximate surface area is 82.3 Å². The minimum absolute atomic E-state index is 0.176. The first-order chi connectivity index (χ1) is 6.32. The van der Waals surface area contributed by atoms with Crippen molar-refractivity contribution in [2.45, 2.75) is 13.8 Å². The van der Waals surface area contributed by atoms with E-state index >= 15 is 0 Å². The van der Waals surface area contributed by atoms with Gasteiger partial charge in [0.25, 0.3) is 0 Å². The van der Waals surface area contributed by atoms with Crippen molar-refractivity contribution < 1.29 is 24.5 Å². The van der Waals surface area contributed by atoms with Crippen molar-refractivity contribution in [2.24, 2.45) is 0 Å². The van der Waals surface area contributed by atoms with Gasteiger partial charge >= 0.3 is 11.9 Å². The highest BCUT2D eigenvalue weighted by molar-refractivity contribution is 5.85. The van der Waals surface area contributed by atoms with Crippen LogP contribution in [-0.4, -0.2) is 29.3 Å². The molecule has 0 spiro atoms. The first-order valence-corrected chi connectivity index (χ1v) is 3.64. The summed E-state index contributed by atoms with van der Waals surface area (Å²) >= 11 is 0. The largest absolute Gasteiger partial charge is 0.504 e. The molecule has 14 heavy (non-hydrogen) atoms. The standard InChI is InChI=1S/C5H8O3.C4H6O2/c1-4(3-8-2)5(6)7;1-3(2)4(5)6/h3H,1-2H3,(H,6,7);1H2,2H3,(H,5,6). The molecule has 0 aromatic carbocycles. The van der Waals surface area contributed by atoms with Crippen molar-refractivity contribution >= 4 is 11.9 Å². The van der Waals surface area contributed by atoms with E-state index in [9.17, 15) is 9.59 Å². The number of carboxylic acid groups (broad SMARTS) is 2. The number of aliphatic carboxylic acids is 2. The smallest absolute Gasteiger partial charge is 0.334 e. The molecular formula is C9H14O5. The van der Waals surface area contributed by atoms with Crippen LogP contribution in [0.4, 0.5) is 0 Å². The van der Waals surface area contributed by atoms with E-state index in [1.807, 2.05) is 0 Å². The van der Waals surface area contributed by atoms with Crippen LogP contribution in [0, 0.1) is 0 Å². The lowest BCUT2D eigenvalue weighted by molar-refractivity contribution is -0.133. The van der Waals surface area contributed by atoms with Gasteiger partial charge in [-0.1, -0.05) is 6.58 Å². The third-order valence-corrected chi connectivity index (χ3v) is 0.997. The predicted molar refractivity (Wildman–Crippen MR) is 50.9 cm³/mol. The summed E-state index contributed by atoms with van der Waals surface area (Å²) in [5, 5.41) is 16.1. The minimum Gasteiger partial charge on any atom is -0.504 e. The maximum Gasteiger partial charge on any atom is 0.334 e. The van der Waals surface area contributed by atoms with Gasteiger partial charge in [0.1, 0.15) is 0 Å². The van der Waals surface area contributed by atoms with E-state index in [1.165, 1.54) is 27.2 Å². The molecule has 5 nitrogen and oxygen atoms in total. The van der Waals surface area contributed by atoms with Crippen molar-refractivity contribution in [1.82, 2.24) is 0 Å². The van der Waals surface area contributed by atoms with E-state index in [0.717, 1.165) is 0 Å². The van der Waals surface area contributed by atoms with Crippen LogP contribution in [0.2, 0.25) is 0 Å². The molecular weight excluding hydrogens is 188 g/mol. The number of hydrogen-bond donors (Lipinski definition) is 2. The van der Waals surface area contributed by atoms with Gasteiger partial charge in [0, 0.05) is 5.57 Å². The summed E-state index contributed by atoms with van der Waals surface area (Å²) in [6.45, 7) is 6.07.